The van der Waals surface area contributed by atoms with Gasteiger partial charge in [-0.15, -0.1) is 0 Å². The maximum absolute atomic E-state index is 12.9. The number of hydrogen-bond donors (Lipinski definition) is 0. The van der Waals surface area contributed by atoms with Crippen molar-refractivity contribution >= 4 is 11.6 Å². The highest BCUT2D eigenvalue weighted by molar-refractivity contribution is 5.95. The van der Waals surface area contributed by atoms with Crippen molar-refractivity contribution in [3.8, 4) is 5.75 Å². The fourth-order valence-electron chi connectivity index (χ4n) is 2.79. The Bertz CT molecular complexity index is 687. The zero-order valence-corrected chi connectivity index (χ0v) is 12.9. The fraction of sp³-hybridized carbons (Fsp3) is 0.278. The molecular weight excluding hydrogens is 297 g/mol. The first-order chi connectivity index (χ1) is 11.2. The minimum atomic E-state index is -0.334. The van der Waals surface area contributed by atoms with Crippen LogP contribution < -0.4 is 9.64 Å². The number of carbonyl (C=O) groups excluding carboxylic acids is 1. The van der Waals surface area contributed by atoms with Crippen molar-refractivity contribution in [1.29, 1.82) is 0 Å². The summed E-state index contributed by atoms with van der Waals surface area (Å²) in [6, 6.07) is 13.4. The van der Waals surface area contributed by atoms with Gasteiger partial charge < -0.3 is 14.4 Å². The van der Waals surface area contributed by atoms with Gasteiger partial charge in [0.2, 0.25) is 0 Å². The molecule has 23 heavy (non-hydrogen) atoms. The van der Waals surface area contributed by atoms with Crippen LogP contribution in [0.1, 0.15) is 18.1 Å². The third kappa shape index (κ3) is 3.35. The highest BCUT2D eigenvalue weighted by Crippen LogP contribution is 2.35. The zero-order valence-electron chi connectivity index (χ0n) is 12.9. The smallest absolute Gasteiger partial charge is 0.264 e. The third-order valence-corrected chi connectivity index (χ3v) is 3.95. The molecule has 2 aromatic rings. The second-order valence-corrected chi connectivity index (χ2v) is 5.36. The summed E-state index contributed by atoms with van der Waals surface area (Å²) in [7, 11) is 1.68. The normalized spacial score (nSPS) is 16.8. The zero-order chi connectivity index (χ0) is 16.2. The third-order valence-electron chi connectivity index (χ3n) is 3.95. The largest absolute Gasteiger partial charge is 0.484 e. The van der Waals surface area contributed by atoms with Crippen molar-refractivity contribution in [2.24, 2.45) is 0 Å². The summed E-state index contributed by atoms with van der Waals surface area (Å²) in [6.07, 6.45) is 0.753. The number of fused-ring (bicyclic) bond motifs is 1. The lowest BCUT2D eigenvalue weighted by Crippen LogP contribution is -2.39. The summed E-state index contributed by atoms with van der Waals surface area (Å²) >= 11 is 0. The number of anilines is 1. The van der Waals surface area contributed by atoms with E-state index in [1.54, 1.807) is 12.0 Å². The van der Waals surface area contributed by atoms with Gasteiger partial charge in [-0.3, -0.25) is 4.79 Å². The lowest BCUT2D eigenvalue weighted by atomic mass is 9.98. The number of para-hydroxylation sites is 1. The van der Waals surface area contributed by atoms with Crippen LogP contribution in [0.3, 0.4) is 0 Å². The minimum Gasteiger partial charge on any atom is -0.484 e. The molecule has 0 bridgehead atoms. The van der Waals surface area contributed by atoms with Gasteiger partial charge in [-0.05, 0) is 36.8 Å². The molecule has 0 fully saturated rings. The van der Waals surface area contributed by atoms with E-state index in [4.69, 9.17) is 9.47 Å². The van der Waals surface area contributed by atoms with Crippen molar-refractivity contribution in [2.45, 2.75) is 12.5 Å². The van der Waals surface area contributed by atoms with Crippen LogP contribution in [0.15, 0.2) is 48.5 Å². The van der Waals surface area contributed by atoms with Gasteiger partial charge in [0.05, 0.1) is 6.10 Å². The predicted octanol–water partition coefficient (Wildman–Crippen LogP) is 3.33. The van der Waals surface area contributed by atoms with E-state index in [2.05, 4.69) is 0 Å². The number of rotatable bonds is 4. The first-order valence-electron chi connectivity index (χ1n) is 7.49. The van der Waals surface area contributed by atoms with Crippen molar-refractivity contribution < 1.29 is 18.7 Å². The second kappa shape index (κ2) is 6.79. The lowest BCUT2D eigenvalue weighted by Gasteiger charge is -2.33. The van der Waals surface area contributed by atoms with Crippen LogP contribution in [-0.2, 0) is 9.53 Å². The molecule has 1 atom stereocenters. The Labute approximate surface area is 134 Å². The molecule has 2 aromatic carbocycles. The molecule has 0 aliphatic carbocycles. The van der Waals surface area contributed by atoms with E-state index in [-0.39, 0.29) is 24.4 Å². The molecular formula is C18H18FNO3. The lowest BCUT2D eigenvalue weighted by molar-refractivity contribution is -0.120. The summed E-state index contributed by atoms with van der Waals surface area (Å²) in [5.74, 6) is 0.00961. The van der Waals surface area contributed by atoms with E-state index in [1.807, 2.05) is 24.3 Å². The van der Waals surface area contributed by atoms with Gasteiger partial charge in [0.15, 0.2) is 6.61 Å². The van der Waals surface area contributed by atoms with Gasteiger partial charge >= 0.3 is 0 Å². The number of carbonyl (C=O) groups is 1. The minimum absolute atomic E-state index is 0.00765. The summed E-state index contributed by atoms with van der Waals surface area (Å²) in [6.45, 7) is 0.499. The molecule has 1 aliphatic rings. The molecule has 1 aliphatic heterocycles. The van der Waals surface area contributed by atoms with E-state index in [0.29, 0.717) is 12.3 Å². The van der Waals surface area contributed by atoms with Gasteiger partial charge in [0.1, 0.15) is 11.6 Å². The van der Waals surface area contributed by atoms with Crippen molar-refractivity contribution in [3.63, 3.8) is 0 Å². The number of benzene rings is 2. The maximum atomic E-state index is 12.9. The number of methoxy groups -OCH3 is 1. The van der Waals surface area contributed by atoms with Gasteiger partial charge in [-0.2, -0.15) is 0 Å². The topological polar surface area (TPSA) is 38.8 Å². The van der Waals surface area contributed by atoms with Crippen molar-refractivity contribution in [3.05, 3.63) is 59.9 Å². The summed E-state index contributed by atoms with van der Waals surface area (Å²) in [4.78, 5) is 14.2. The monoisotopic (exact) mass is 315 g/mol. The van der Waals surface area contributed by atoms with Crippen molar-refractivity contribution in [1.82, 2.24) is 0 Å². The number of hydrogen-bond acceptors (Lipinski definition) is 3. The molecule has 1 heterocycles. The molecule has 5 heteroatoms. The van der Waals surface area contributed by atoms with Gasteiger partial charge in [0, 0.05) is 24.9 Å². The molecule has 1 amide bonds. The number of amides is 1. The molecule has 1 unspecified atom stereocenters. The van der Waals surface area contributed by atoms with E-state index in [9.17, 15) is 9.18 Å². The Kier molecular flexibility index (Phi) is 4.57. The highest BCUT2D eigenvalue weighted by atomic mass is 19.1. The van der Waals surface area contributed by atoms with Gasteiger partial charge in [-0.1, -0.05) is 18.2 Å². The Hall–Kier alpha value is -2.40. The van der Waals surface area contributed by atoms with Crippen LogP contribution >= 0.6 is 0 Å². The number of nitrogens with zero attached hydrogens (tertiary/aromatic N) is 1. The Morgan fingerprint density at radius 2 is 1.96 bits per heavy atom. The quantitative estimate of drug-likeness (QED) is 0.869. The molecule has 0 spiro atoms. The predicted molar refractivity (Wildman–Crippen MR) is 85.1 cm³/mol. The van der Waals surface area contributed by atoms with E-state index in [1.165, 1.54) is 24.3 Å². The molecule has 0 N–H and O–H groups in total. The highest BCUT2D eigenvalue weighted by Gasteiger charge is 2.28. The van der Waals surface area contributed by atoms with Crippen LogP contribution in [0.2, 0.25) is 0 Å². The van der Waals surface area contributed by atoms with E-state index in [0.717, 1.165) is 17.7 Å². The second-order valence-electron chi connectivity index (χ2n) is 5.36. The Balaban J connectivity index is 1.71. The van der Waals surface area contributed by atoms with Crippen LogP contribution in [0.5, 0.6) is 5.75 Å². The standard InChI is InChI=1S/C18H18FNO3/c1-22-17-10-11-20(16-5-3-2-4-15(16)17)18(21)12-23-14-8-6-13(19)7-9-14/h2-9,17H,10-12H2,1H3. The number of ether oxygens (including phenoxy) is 2. The molecule has 0 radical (unpaired) electrons. The first-order valence-corrected chi connectivity index (χ1v) is 7.49. The first kappa shape index (κ1) is 15.5. The van der Waals surface area contributed by atoms with Crippen LogP contribution in [0.25, 0.3) is 0 Å². The summed E-state index contributed by atoms with van der Waals surface area (Å²) in [5.41, 5.74) is 1.87. The summed E-state index contributed by atoms with van der Waals surface area (Å²) < 4.78 is 23.8. The molecule has 3 rings (SSSR count). The van der Waals surface area contributed by atoms with Crippen molar-refractivity contribution in [2.75, 3.05) is 25.2 Å². The van der Waals surface area contributed by atoms with E-state index < -0.39 is 0 Å². The van der Waals surface area contributed by atoms with E-state index >= 15 is 0 Å². The SMILES string of the molecule is COC1CCN(C(=O)COc2ccc(F)cc2)c2ccccc21. The molecule has 0 saturated heterocycles. The average molecular weight is 315 g/mol. The molecule has 4 nitrogen and oxygen atoms in total. The van der Waals surface area contributed by atoms with Crippen LogP contribution in [0.4, 0.5) is 10.1 Å². The van der Waals surface area contributed by atoms with Gasteiger partial charge in [0.25, 0.3) is 5.91 Å². The van der Waals surface area contributed by atoms with Gasteiger partial charge in [-0.25, -0.2) is 4.39 Å². The summed E-state index contributed by atoms with van der Waals surface area (Å²) in [5, 5.41) is 0. The van der Waals surface area contributed by atoms with Crippen LogP contribution in [-0.4, -0.2) is 26.2 Å². The fourth-order valence-corrected chi connectivity index (χ4v) is 2.79. The Morgan fingerprint density at radius 1 is 1.22 bits per heavy atom. The maximum Gasteiger partial charge on any atom is 0.264 e. The molecule has 0 saturated carbocycles. The number of halogens is 1. The molecule has 120 valence electrons. The van der Waals surface area contributed by atoms with Crippen LogP contribution in [0, 0.1) is 5.82 Å². The molecule has 0 aromatic heterocycles. The average Bonchev–Trinajstić information content (AvgIpc) is 2.60. The Morgan fingerprint density at radius 3 is 2.70 bits per heavy atom.